The highest BCUT2D eigenvalue weighted by molar-refractivity contribution is 5.71. The Morgan fingerprint density at radius 1 is 1.15 bits per heavy atom. The summed E-state index contributed by atoms with van der Waals surface area (Å²) < 4.78 is 0. The topological polar surface area (TPSA) is 53.8 Å². The molecule has 1 aromatic heterocycles. The monoisotopic (exact) mass is 173 g/mol. The molecule has 0 saturated carbocycles. The van der Waals surface area contributed by atoms with Gasteiger partial charge in [-0.3, -0.25) is 0 Å². The molecule has 2 rings (SSSR count). The first-order valence-corrected chi connectivity index (χ1v) is 4.10. The number of nitrogens with two attached hydrogens (primary N) is 1. The Hall–Kier alpha value is -1.90. The lowest BCUT2D eigenvalue weighted by Crippen LogP contribution is -1.94. The lowest BCUT2D eigenvalue weighted by atomic mass is 10.2. The summed E-state index contributed by atoms with van der Waals surface area (Å²) in [4.78, 5) is 2.97. The molecule has 0 aliphatic carbocycles. The highest BCUT2D eigenvalue weighted by Gasteiger charge is 1.96. The van der Waals surface area contributed by atoms with Gasteiger partial charge in [-0.1, -0.05) is 12.1 Å². The van der Waals surface area contributed by atoms with Crippen molar-refractivity contribution >= 4 is 17.1 Å². The van der Waals surface area contributed by atoms with Gasteiger partial charge in [0.1, 0.15) is 0 Å². The average Bonchev–Trinajstić information content (AvgIpc) is 2.61. The van der Waals surface area contributed by atoms with Gasteiger partial charge in [0.05, 0.1) is 17.1 Å². The third kappa shape index (κ3) is 1.64. The van der Waals surface area contributed by atoms with Gasteiger partial charge in [0.2, 0.25) is 0 Å². The number of nitrogens with one attached hydrogen (secondary N) is 2. The van der Waals surface area contributed by atoms with Crippen molar-refractivity contribution in [2.24, 2.45) is 0 Å². The maximum Gasteiger partial charge on any atom is 0.0618 e. The summed E-state index contributed by atoms with van der Waals surface area (Å²) in [5, 5.41) is 3.20. The molecule has 3 nitrogen and oxygen atoms in total. The predicted octanol–water partition coefficient (Wildman–Crippen LogP) is 2.34. The third-order valence-corrected chi connectivity index (χ3v) is 1.84. The van der Waals surface area contributed by atoms with Crippen LogP contribution in [0.1, 0.15) is 0 Å². The van der Waals surface area contributed by atoms with Crippen molar-refractivity contribution in [1.82, 2.24) is 4.98 Å². The van der Waals surface area contributed by atoms with Gasteiger partial charge in [0.15, 0.2) is 0 Å². The Labute approximate surface area is 76.6 Å². The minimum Gasteiger partial charge on any atom is -0.397 e. The van der Waals surface area contributed by atoms with Crippen LogP contribution in [0.4, 0.5) is 17.1 Å². The minimum absolute atomic E-state index is 0.753. The van der Waals surface area contributed by atoms with E-state index in [1.807, 2.05) is 42.7 Å². The number of H-pyrrole nitrogens is 1. The number of benzene rings is 1. The minimum atomic E-state index is 0.753. The molecule has 0 saturated heterocycles. The van der Waals surface area contributed by atoms with Crippen LogP contribution in [-0.4, -0.2) is 4.98 Å². The first kappa shape index (κ1) is 7.73. The first-order valence-electron chi connectivity index (χ1n) is 4.10. The molecule has 2 aromatic rings. The van der Waals surface area contributed by atoms with Gasteiger partial charge in [-0.15, -0.1) is 0 Å². The molecule has 0 fully saturated rings. The number of aromatic amines is 1. The lowest BCUT2D eigenvalue weighted by Gasteiger charge is -2.05. The van der Waals surface area contributed by atoms with E-state index < -0.39 is 0 Å². The van der Waals surface area contributed by atoms with Crippen LogP contribution in [0.15, 0.2) is 42.7 Å². The molecule has 0 spiro atoms. The summed E-state index contributed by atoms with van der Waals surface area (Å²) in [5.41, 5.74) is 8.46. The lowest BCUT2D eigenvalue weighted by molar-refractivity contribution is 1.41. The zero-order valence-corrected chi connectivity index (χ0v) is 7.12. The van der Waals surface area contributed by atoms with Crippen molar-refractivity contribution in [1.29, 1.82) is 0 Å². The van der Waals surface area contributed by atoms with E-state index >= 15 is 0 Å². The smallest absolute Gasteiger partial charge is 0.0618 e. The summed E-state index contributed by atoms with van der Waals surface area (Å²) in [6.07, 6.45) is 3.74. The van der Waals surface area contributed by atoms with Gasteiger partial charge in [0, 0.05) is 12.4 Å². The molecule has 1 heterocycles. The standard InChI is InChI=1S/C10H11N3/c11-9-3-1-2-4-10(9)13-8-5-6-12-7-8/h1-7,12-13H,11H2. The molecule has 0 atom stereocenters. The Bertz CT molecular complexity index is 379. The second kappa shape index (κ2) is 3.23. The zero-order chi connectivity index (χ0) is 9.10. The average molecular weight is 173 g/mol. The molecule has 0 aliphatic rings. The van der Waals surface area contributed by atoms with Crippen molar-refractivity contribution in [2.75, 3.05) is 11.1 Å². The summed E-state index contributed by atoms with van der Waals surface area (Å²) in [5.74, 6) is 0. The van der Waals surface area contributed by atoms with Gasteiger partial charge in [-0.25, -0.2) is 0 Å². The van der Waals surface area contributed by atoms with Crippen LogP contribution in [0.5, 0.6) is 0 Å². The van der Waals surface area contributed by atoms with Gasteiger partial charge in [-0.2, -0.15) is 0 Å². The fraction of sp³-hybridized carbons (Fsp3) is 0. The van der Waals surface area contributed by atoms with Crippen molar-refractivity contribution < 1.29 is 0 Å². The van der Waals surface area contributed by atoms with Gasteiger partial charge < -0.3 is 16.0 Å². The van der Waals surface area contributed by atoms with E-state index in [0.717, 1.165) is 17.1 Å². The molecule has 0 bridgehead atoms. The fourth-order valence-corrected chi connectivity index (χ4v) is 1.17. The molecule has 0 amide bonds. The summed E-state index contributed by atoms with van der Waals surface area (Å²) in [6, 6.07) is 9.63. The molecule has 0 unspecified atom stereocenters. The summed E-state index contributed by atoms with van der Waals surface area (Å²) in [7, 11) is 0. The van der Waals surface area contributed by atoms with E-state index in [1.54, 1.807) is 0 Å². The molecular formula is C10H11N3. The molecule has 0 radical (unpaired) electrons. The molecule has 1 aromatic carbocycles. The van der Waals surface area contributed by atoms with Crippen LogP contribution in [0, 0.1) is 0 Å². The van der Waals surface area contributed by atoms with E-state index in [0.29, 0.717) is 0 Å². The summed E-state index contributed by atoms with van der Waals surface area (Å²) >= 11 is 0. The largest absolute Gasteiger partial charge is 0.397 e. The third-order valence-electron chi connectivity index (χ3n) is 1.84. The van der Waals surface area contributed by atoms with Crippen LogP contribution in [0.2, 0.25) is 0 Å². The maximum atomic E-state index is 5.76. The van der Waals surface area contributed by atoms with Crippen LogP contribution in [-0.2, 0) is 0 Å². The summed E-state index contributed by atoms with van der Waals surface area (Å²) in [6.45, 7) is 0. The number of hydrogen-bond acceptors (Lipinski definition) is 2. The van der Waals surface area contributed by atoms with Crippen LogP contribution in [0.25, 0.3) is 0 Å². The normalized spacial score (nSPS) is 9.85. The number of hydrogen-bond donors (Lipinski definition) is 3. The Balaban J connectivity index is 2.24. The predicted molar refractivity (Wildman–Crippen MR) is 54.9 cm³/mol. The van der Waals surface area contributed by atoms with Gasteiger partial charge >= 0.3 is 0 Å². The Morgan fingerprint density at radius 3 is 2.69 bits per heavy atom. The molecule has 3 heteroatoms. The van der Waals surface area contributed by atoms with Crippen molar-refractivity contribution in [3.05, 3.63) is 42.7 Å². The highest BCUT2D eigenvalue weighted by Crippen LogP contribution is 2.21. The number of para-hydroxylation sites is 2. The molecular weight excluding hydrogens is 162 g/mol. The number of rotatable bonds is 2. The number of anilines is 3. The molecule has 0 aliphatic heterocycles. The SMILES string of the molecule is Nc1ccccc1Nc1cc[nH]c1. The molecule has 4 N–H and O–H groups in total. The van der Waals surface area contributed by atoms with E-state index in [-0.39, 0.29) is 0 Å². The highest BCUT2D eigenvalue weighted by atomic mass is 14.9. The second-order valence-corrected chi connectivity index (χ2v) is 2.81. The van der Waals surface area contributed by atoms with Crippen LogP contribution in [0.3, 0.4) is 0 Å². The quantitative estimate of drug-likeness (QED) is 0.610. The Kier molecular flexibility index (Phi) is 1.92. The van der Waals surface area contributed by atoms with E-state index in [1.165, 1.54) is 0 Å². The van der Waals surface area contributed by atoms with Crippen molar-refractivity contribution in [3.63, 3.8) is 0 Å². The Morgan fingerprint density at radius 2 is 2.00 bits per heavy atom. The molecule has 66 valence electrons. The second-order valence-electron chi connectivity index (χ2n) is 2.81. The van der Waals surface area contributed by atoms with Crippen molar-refractivity contribution in [3.8, 4) is 0 Å². The maximum absolute atomic E-state index is 5.76. The van der Waals surface area contributed by atoms with Crippen molar-refractivity contribution in [2.45, 2.75) is 0 Å². The van der Waals surface area contributed by atoms with Gasteiger partial charge in [-0.05, 0) is 18.2 Å². The van der Waals surface area contributed by atoms with Gasteiger partial charge in [0.25, 0.3) is 0 Å². The zero-order valence-electron chi connectivity index (χ0n) is 7.12. The van der Waals surface area contributed by atoms with E-state index in [4.69, 9.17) is 5.73 Å². The molecule has 13 heavy (non-hydrogen) atoms. The first-order chi connectivity index (χ1) is 6.36. The number of aromatic nitrogens is 1. The van der Waals surface area contributed by atoms with Crippen LogP contribution < -0.4 is 11.1 Å². The van der Waals surface area contributed by atoms with E-state index in [2.05, 4.69) is 10.3 Å². The number of nitrogen functional groups attached to an aromatic ring is 1. The van der Waals surface area contributed by atoms with Crippen LogP contribution >= 0.6 is 0 Å². The fourth-order valence-electron chi connectivity index (χ4n) is 1.17. The van der Waals surface area contributed by atoms with E-state index in [9.17, 15) is 0 Å².